The van der Waals surface area contributed by atoms with Crippen LogP contribution in [0.2, 0.25) is 0 Å². The third-order valence-corrected chi connectivity index (χ3v) is 9.14. The lowest BCUT2D eigenvalue weighted by molar-refractivity contribution is -0.132. The Labute approximate surface area is 257 Å². The van der Waals surface area contributed by atoms with Crippen molar-refractivity contribution in [2.24, 2.45) is 0 Å². The van der Waals surface area contributed by atoms with Crippen LogP contribution in [-0.4, -0.2) is 46.8 Å². The van der Waals surface area contributed by atoms with Crippen LogP contribution in [0.15, 0.2) is 76.6 Å². The molecule has 1 unspecified atom stereocenters. The number of aryl methyl sites for hydroxylation is 1. The number of aromatic nitrogens is 2. The summed E-state index contributed by atoms with van der Waals surface area (Å²) in [7, 11) is 0. The lowest BCUT2D eigenvalue weighted by Crippen LogP contribution is -2.29. The topological polar surface area (TPSA) is 111 Å². The summed E-state index contributed by atoms with van der Waals surface area (Å²) in [6, 6.07) is 19.4. The lowest BCUT2D eigenvalue weighted by Gasteiger charge is -2.23. The zero-order chi connectivity index (χ0) is 29.9. The molecule has 1 fully saturated rings. The van der Waals surface area contributed by atoms with Gasteiger partial charge in [0.2, 0.25) is 5.13 Å². The number of carbonyl (C=O) groups is 2. The van der Waals surface area contributed by atoms with Crippen LogP contribution in [0.25, 0.3) is 5.76 Å². The van der Waals surface area contributed by atoms with E-state index in [1.165, 1.54) is 33.6 Å². The molecule has 1 N–H and O–H groups in total. The van der Waals surface area contributed by atoms with Crippen molar-refractivity contribution < 1.29 is 28.9 Å². The van der Waals surface area contributed by atoms with Gasteiger partial charge in [0, 0.05) is 11.3 Å². The molecule has 11 heteroatoms. The Morgan fingerprint density at radius 1 is 1.02 bits per heavy atom. The minimum Gasteiger partial charge on any atom is -0.507 e. The molecule has 3 heterocycles. The van der Waals surface area contributed by atoms with Gasteiger partial charge >= 0.3 is 5.91 Å². The molecule has 1 atom stereocenters. The second kappa shape index (κ2) is 12.5. The van der Waals surface area contributed by atoms with E-state index >= 15 is 0 Å². The molecule has 1 aromatic heterocycles. The number of hydrogen-bond donors (Lipinski definition) is 1. The maximum atomic E-state index is 13.6. The number of carbonyl (C=O) groups excluding carboxylic acids is 2. The van der Waals surface area contributed by atoms with Crippen molar-refractivity contribution in [2.75, 3.05) is 24.7 Å². The van der Waals surface area contributed by atoms with E-state index in [0.29, 0.717) is 58.3 Å². The fraction of sp³-hybridized carbons (Fsp3) is 0.250. The summed E-state index contributed by atoms with van der Waals surface area (Å²) in [5.41, 5.74) is 3.22. The van der Waals surface area contributed by atoms with Crippen LogP contribution in [0.1, 0.15) is 41.6 Å². The third-order valence-electron chi connectivity index (χ3n) is 7.01. The van der Waals surface area contributed by atoms with Gasteiger partial charge in [-0.25, -0.2) is 0 Å². The molecule has 6 rings (SSSR count). The Kier molecular flexibility index (Phi) is 8.35. The van der Waals surface area contributed by atoms with Crippen molar-refractivity contribution in [1.82, 2.24) is 10.2 Å². The van der Waals surface area contributed by atoms with Crippen LogP contribution in [0, 0.1) is 6.92 Å². The monoisotopic (exact) mass is 615 g/mol. The zero-order valence-electron chi connectivity index (χ0n) is 23.6. The van der Waals surface area contributed by atoms with E-state index in [-0.39, 0.29) is 16.5 Å². The summed E-state index contributed by atoms with van der Waals surface area (Å²) in [4.78, 5) is 28.5. The molecule has 1 amide bonds. The van der Waals surface area contributed by atoms with Gasteiger partial charge in [-0.05, 0) is 54.8 Å². The highest BCUT2D eigenvalue weighted by atomic mass is 32.2. The number of benzene rings is 3. The Morgan fingerprint density at radius 3 is 2.51 bits per heavy atom. The molecule has 0 spiro atoms. The number of ketones is 1. The number of fused-ring (bicyclic) bond motifs is 1. The predicted octanol–water partition coefficient (Wildman–Crippen LogP) is 6.33. The van der Waals surface area contributed by atoms with E-state index in [2.05, 4.69) is 34.5 Å². The number of nitrogens with zero attached hydrogens (tertiary/aromatic N) is 3. The minimum atomic E-state index is -0.934. The number of aliphatic hydroxyl groups is 1. The highest BCUT2D eigenvalue weighted by Crippen LogP contribution is 2.45. The van der Waals surface area contributed by atoms with Crippen molar-refractivity contribution in [2.45, 2.75) is 36.4 Å². The van der Waals surface area contributed by atoms with Crippen LogP contribution in [0.4, 0.5) is 5.13 Å². The Morgan fingerprint density at radius 2 is 1.77 bits per heavy atom. The molecular weight excluding hydrogens is 587 g/mol. The second-order valence-electron chi connectivity index (χ2n) is 10.1. The number of anilines is 1. The lowest BCUT2D eigenvalue weighted by atomic mass is 9.95. The van der Waals surface area contributed by atoms with E-state index in [0.717, 1.165) is 12.0 Å². The first-order valence-corrected chi connectivity index (χ1v) is 15.7. The molecule has 43 heavy (non-hydrogen) atoms. The number of amides is 1. The molecule has 220 valence electrons. The fourth-order valence-electron chi connectivity index (χ4n) is 4.85. The highest BCUT2D eigenvalue weighted by molar-refractivity contribution is 8.00. The summed E-state index contributed by atoms with van der Waals surface area (Å²) in [5.74, 6) is 0.438. The number of rotatable bonds is 9. The second-order valence-corrected chi connectivity index (χ2v) is 12.2. The molecule has 0 radical (unpaired) electrons. The molecule has 2 aliphatic heterocycles. The van der Waals surface area contributed by atoms with Crippen LogP contribution in [0.5, 0.6) is 17.2 Å². The van der Waals surface area contributed by atoms with Gasteiger partial charge < -0.3 is 19.3 Å². The van der Waals surface area contributed by atoms with E-state index in [1.807, 2.05) is 13.8 Å². The molecule has 0 aliphatic carbocycles. The summed E-state index contributed by atoms with van der Waals surface area (Å²) in [5, 5.41) is 20.4. The standard InChI is InChI=1S/C32H29N3O6S2/c1-3-14-39-23-11-8-21(9-12-23)27-26(28(36)22-10-13-24-25(17-22)41-16-15-40-24)29(37)30(38)35(27)31-33-34-32(43-31)42-18-20-6-4-19(2)5-7-20/h4-13,17,27,36H,3,14-16,18H2,1-2H3/b28-26+. The molecule has 0 bridgehead atoms. The van der Waals surface area contributed by atoms with E-state index in [4.69, 9.17) is 14.2 Å². The Balaban J connectivity index is 1.37. The van der Waals surface area contributed by atoms with E-state index in [9.17, 15) is 14.7 Å². The van der Waals surface area contributed by atoms with Crippen molar-refractivity contribution in [3.05, 3.63) is 94.6 Å². The Bertz CT molecular complexity index is 1680. The summed E-state index contributed by atoms with van der Waals surface area (Å²) in [6.07, 6.45) is 0.860. The maximum absolute atomic E-state index is 13.6. The quantitative estimate of drug-likeness (QED) is 0.0760. The third kappa shape index (κ3) is 5.95. The van der Waals surface area contributed by atoms with Crippen molar-refractivity contribution in [1.29, 1.82) is 0 Å². The first-order valence-electron chi connectivity index (χ1n) is 13.9. The van der Waals surface area contributed by atoms with Crippen molar-refractivity contribution in [3.63, 3.8) is 0 Å². The number of thioether (sulfide) groups is 1. The first-order chi connectivity index (χ1) is 20.9. The summed E-state index contributed by atoms with van der Waals surface area (Å²) >= 11 is 2.73. The van der Waals surface area contributed by atoms with Gasteiger partial charge in [0.1, 0.15) is 24.7 Å². The summed E-state index contributed by atoms with van der Waals surface area (Å²) in [6.45, 7) is 5.42. The maximum Gasteiger partial charge on any atom is 0.301 e. The van der Waals surface area contributed by atoms with Crippen LogP contribution in [-0.2, 0) is 15.3 Å². The Hall–Kier alpha value is -4.35. The number of ether oxygens (including phenoxy) is 3. The van der Waals surface area contributed by atoms with Crippen molar-refractivity contribution in [3.8, 4) is 17.2 Å². The van der Waals surface area contributed by atoms with Gasteiger partial charge in [0.15, 0.2) is 15.8 Å². The molecule has 4 aromatic rings. The molecular formula is C32H29N3O6S2. The number of hydrogen-bond acceptors (Lipinski definition) is 10. The van der Waals surface area contributed by atoms with E-state index < -0.39 is 17.7 Å². The predicted molar refractivity (Wildman–Crippen MR) is 165 cm³/mol. The summed E-state index contributed by atoms with van der Waals surface area (Å²) < 4.78 is 17.7. The molecule has 3 aromatic carbocycles. The van der Waals surface area contributed by atoms with Gasteiger partial charge in [0.05, 0.1) is 18.2 Å². The van der Waals surface area contributed by atoms with Crippen molar-refractivity contribution >= 4 is 45.7 Å². The average molecular weight is 616 g/mol. The largest absolute Gasteiger partial charge is 0.507 e. The molecule has 1 saturated heterocycles. The zero-order valence-corrected chi connectivity index (χ0v) is 25.2. The van der Waals surface area contributed by atoms with Crippen LogP contribution in [0.3, 0.4) is 0 Å². The average Bonchev–Trinajstić information content (AvgIpc) is 3.61. The van der Waals surface area contributed by atoms with E-state index in [1.54, 1.807) is 42.5 Å². The van der Waals surface area contributed by atoms with Crippen LogP contribution < -0.4 is 19.1 Å². The normalized spacial score (nSPS) is 17.3. The highest BCUT2D eigenvalue weighted by Gasteiger charge is 2.48. The number of Topliss-reactive ketones (excluding diaryl/α,β-unsaturated/α-hetero) is 1. The fourth-order valence-corrected chi connectivity index (χ4v) is 6.67. The van der Waals surface area contributed by atoms with Gasteiger partial charge in [-0.1, -0.05) is 72.0 Å². The molecule has 9 nitrogen and oxygen atoms in total. The number of aliphatic hydroxyl groups excluding tert-OH is 1. The minimum absolute atomic E-state index is 0.0482. The molecule has 2 aliphatic rings. The van der Waals surface area contributed by atoms with Gasteiger partial charge in [-0.15, -0.1) is 10.2 Å². The molecule has 0 saturated carbocycles. The van der Waals surface area contributed by atoms with Gasteiger partial charge in [-0.3, -0.25) is 14.5 Å². The van der Waals surface area contributed by atoms with Crippen LogP contribution >= 0.6 is 23.1 Å². The van der Waals surface area contributed by atoms with Gasteiger partial charge in [0.25, 0.3) is 5.78 Å². The first kappa shape index (κ1) is 28.8. The smallest absolute Gasteiger partial charge is 0.301 e. The van der Waals surface area contributed by atoms with Gasteiger partial charge in [-0.2, -0.15) is 0 Å². The SMILES string of the molecule is CCCOc1ccc(C2/C(=C(\O)c3ccc4c(c3)OCCO4)C(=O)C(=O)N2c2nnc(SCc3ccc(C)cc3)s2)cc1.